The molecule has 0 radical (unpaired) electrons. The van der Waals surface area contributed by atoms with Gasteiger partial charge in [-0.05, 0) is 11.1 Å². The maximum Gasteiger partial charge on any atom is 0.143 e. The Morgan fingerprint density at radius 1 is 0.964 bits per heavy atom. The van der Waals surface area contributed by atoms with Gasteiger partial charge in [0.05, 0.1) is 6.20 Å². The molecule has 5 rings (SSSR count). The Balaban J connectivity index is 1.38. The van der Waals surface area contributed by atoms with Crippen LogP contribution >= 0.6 is 0 Å². The van der Waals surface area contributed by atoms with Gasteiger partial charge in [0.25, 0.3) is 0 Å². The monoisotopic (exact) mass is 370 g/mol. The summed E-state index contributed by atoms with van der Waals surface area (Å²) in [5.74, 6) is 1.02. The fraction of sp³-hybridized carbons (Fsp3) is 0.217. The summed E-state index contributed by atoms with van der Waals surface area (Å²) >= 11 is 0. The van der Waals surface area contributed by atoms with Crippen LogP contribution < -0.4 is 0 Å². The van der Waals surface area contributed by atoms with Crippen LogP contribution in [0.4, 0.5) is 0 Å². The summed E-state index contributed by atoms with van der Waals surface area (Å²) in [6.45, 7) is 2.72. The summed E-state index contributed by atoms with van der Waals surface area (Å²) in [6.07, 6.45) is 4.91. The molecule has 28 heavy (non-hydrogen) atoms. The summed E-state index contributed by atoms with van der Waals surface area (Å²) in [6, 6.07) is 19.0. The number of aryl methyl sites for hydroxylation is 1. The van der Waals surface area contributed by atoms with E-state index in [1.165, 1.54) is 22.3 Å². The summed E-state index contributed by atoms with van der Waals surface area (Å²) in [5.41, 5.74) is 6.94. The van der Waals surface area contributed by atoms with E-state index < -0.39 is 0 Å². The zero-order chi connectivity index (χ0) is 18.9. The van der Waals surface area contributed by atoms with Crippen molar-refractivity contribution in [2.75, 3.05) is 6.54 Å². The first kappa shape index (κ1) is 17.0. The van der Waals surface area contributed by atoms with Crippen molar-refractivity contribution >= 4 is 0 Å². The minimum atomic E-state index is 0.851. The third-order valence-electron chi connectivity index (χ3n) is 5.34. The molecule has 2 aromatic heterocycles. The molecule has 0 saturated carbocycles. The van der Waals surface area contributed by atoms with Crippen molar-refractivity contribution in [2.45, 2.75) is 19.5 Å². The smallest absolute Gasteiger partial charge is 0.143 e. The summed E-state index contributed by atoms with van der Waals surface area (Å²) in [5, 5.41) is 8.67. The highest BCUT2D eigenvalue weighted by atomic mass is 16.5. The van der Waals surface area contributed by atoms with Crippen molar-refractivity contribution in [3.05, 3.63) is 83.9 Å². The molecule has 0 unspecified atom stereocenters. The number of hydrogen-bond acceptors (Lipinski definition) is 4. The lowest BCUT2D eigenvalue weighted by molar-refractivity contribution is 0.228. The molecule has 0 fully saturated rings. The predicted molar refractivity (Wildman–Crippen MR) is 108 cm³/mol. The topological polar surface area (TPSA) is 47.1 Å². The second-order valence-corrected chi connectivity index (χ2v) is 7.36. The van der Waals surface area contributed by atoms with Crippen LogP contribution in [-0.2, 0) is 26.6 Å². The Hall–Kier alpha value is -3.18. The van der Waals surface area contributed by atoms with Gasteiger partial charge in [0.1, 0.15) is 11.5 Å². The third kappa shape index (κ3) is 3.25. The molecular weight excluding hydrogens is 348 g/mol. The Labute approximate surface area is 164 Å². The van der Waals surface area contributed by atoms with Gasteiger partial charge in [-0.3, -0.25) is 9.58 Å². The van der Waals surface area contributed by atoms with Crippen LogP contribution in [0.25, 0.3) is 22.4 Å². The molecule has 0 bridgehead atoms. The zero-order valence-corrected chi connectivity index (χ0v) is 15.9. The Bertz CT molecular complexity index is 1080. The van der Waals surface area contributed by atoms with Gasteiger partial charge in [-0.15, -0.1) is 0 Å². The Morgan fingerprint density at radius 3 is 2.46 bits per heavy atom. The fourth-order valence-corrected chi connectivity index (χ4v) is 3.89. The van der Waals surface area contributed by atoms with Gasteiger partial charge < -0.3 is 4.52 Å². The largest absolute Gasteiger partial charge is 0.360 e. The van der Waals surface area contributed by atoms with E-state index in [1.54, 1.807) is 0 Å². The molecule has 5 nitrogen and oxygen atoms in total. The highest BCUT2D eigenvalue weighted by molar-refractivity contribution is 5.70. The number of aromatic nitrogens is 3. The van der Waals surface area contributed by atoms with E-state index >= 15 is 0 Å². The molecule has 4 aromatic rings. The maximum absolute atomic E-state index is 5.67. The van der Waals surface area contributed by atoms with Crippen LogP contribution in [0.5, 0.6) is 0 Å². The van der Waals surface area contributed by atoms with E-state index in [-0.39, 0.29) is 0 Å². The van der Waals surface area contributed by atoms with Crippen molar-refractivity contribution in [2.24, 2.45) is 7.05 Å². The summed E-state index contributed by atoms with van der Waals surface area (Å²) < 4.78 is 7.52. The van der Waals surface area contributed by atoms with Gasteiger partial charge in [-0.25, -0.2) is 0 Å². The molecule has 2 aromatic carbocycles. The van der Waals surface area contributed by atoms with E-state index in [4.69, 9.17) is 4.52 Å². The number of fused-ring (bicyclic) bond motifs is 1. The normalized spacial score (nSPS) is 14.2. The molecule has 0 saturated heterocycles. The number of benzene rings is 2. The van der Waals surface area contributed by atoms with E-state index in [1.807, 2.05) is 24.0 Å². The zero-order valence-electron chi connectivity index (χ0n) is 15.9. The van der Waals surface area contributed by atoms with Crippen LogP contribution in [0.3, 0.4) is 0 Å². The molecule has 1 aliphatic heterocycles. The Morgan fingerprint density at radius 2 is 1.71 bits per heavy atom. The molecule has 0 atom stereocenters. The van der Waals surface area contributed by atoms with Crippen LogP contribution in [0, 0.1) is 0 Å². The Kier molecular flexibility index (Phi) is 4.29. The average Bonchev–Trinajstić information content (AvgIpc) is 3.34. The molecule has 5 heteroatoms. The second-order valence-electron chi connectivity index (χ2n) is 7.36. The molecular formula is C23H22N4O. The van der Waals surface area contributed by atoms with Crippen LogP contribution in [0.2, 0.25) is 0 Å². The van der Waals surface area contributed by atoms with Crippen LogP contribution in [0.15, 0.2) is 71.5 Å². The van der Waals surface area contributed by atoms with Crippen molar-refractivity contribution in [3.63, 3.8) is 0 Å². The first-order chi connectivity index (χ1) is 13.8. The molecule has 0 amide bonds. The average molecular weight is 370 g/mol. The van der Waals surface area contributed by atoms with Gasteiger partial charge in [-0.1, -0.05) is 59.8 Å². The third-order valence-corrected chi connectivity index (χ3v) is 5.34. The maximum atomic E-state index is 5.67. The summed E-state index contributed by atoms with van der Waals surface area (Å²) in [7, 11) is 1.95. The number of hydrogen-bond donors (Lipinski definition) is 0. The van der Waals surface area contributed by atoms with Crippen LogP contribution in [0.1, 0.15) is 16.9 Å². The van der Waals surface area contributed by atoms with E-state index in [2.05, 4.69) is 69.9 Å². The molecule has 0 aliphatic carbocycles. The van der Waals surface area contributed by atoms with Crippen molar-refractivity contribution in [3.8, 4) is 22.4 Å². The van der Waals surface area contributed by atoms with E-state index in [0.717, 1.165) is 43.1 Å². The number of rotatable bonds is 4. The number of nitrogens with zero attached hydrogens (tertiary/aromatic N) is 4. The minimum absolute atomic E-state index is 0.851. The van der Waals surface area contributed by atoms with Crippen molar-refractivity contribution < 1.29 is 4.52 Å². The lowest BCUT2D eigenvalue weighted by atomic mass is 9.98. The highest BCUT2D eigenvalue weighted by Gasteiger charge is 2.25. The van der Waals surface area contributed by atoms with Gasteiger partial charge in [-0.2, -0.15) is 5.10 Å². The van der Waals surface area contributed by atoms with Gasteiger partial charge in [0, 0.05) is 56.0 Å². The van der Waals surface area contributed by atoms with Crippen LogP contribution in [-0.4, -0.2) is 26.4 Å². The molecule has 0 spiro atoms. The first-order valence-corrected chi connectivity index (χ1v) is 9.59. The SMILES string of the molecule is Cn1cc(CN2CCc3onc(-c4ccc(-c5ccccc5)cc4)c3C2)cn1. The minimum Gasteiger partial charge on any atom is -0.360 e. The lowest BCUT2D eigenvalue weighted by Gasteiger charge is -2.25. The first-order valence-electron chi connectivity index (χ1n) is 9.59. The molecule has 1 aliphatic rings. The lowest BCUT2D eigenvalue weighted by Crippen LogP contribution is -2.29. The van der Waals surface area contributed by atoms with Gasteiger partial charge in [0.15, 0.2) is 0 Å². The summed E-state index contributed by atoms with van der Waals surface area (Å²) in [4.78, 5) is 2.43. The van der Waals surface area contributed by atoms with E-state index in [9.17, 15) is 0 Å². The highest BCUT2D eigenvalue weighted by Crippen LogP contribution is 2.31. The second kappa shape index (κ2) is 7.09. The van der Waals surface area contributed by atoms with Gasteiger partial charge >= 0.3 is 0 Å². The standard InChI is InChI=1S/C23H22N4O/c1-26-14-17(13-24-26)15-27-12-11-22-21(16-27)23(25-28-22)20-9-7-19(8-10-20)18-5-3-2-4-6-18/h2-10,13-14H,11-12,15-16H2,1H3. The van der Waals surface area contributed by atoms with E-state index in [0.29, 0.717) is 0 Å². The van der Waals surface area contributed by atoms with Gasteiger partial charge in [0.2, 0.25) is 0 Å². The predicted octanol–water partition coefficient (Wildman–Crippen LogP) is 4.30. The van der Waals surface area contributed by atoms with Crippen molar-refractivity contribution in [1.82, 2.24) is 19.8 Å². The fourth-order valence-electron chi connectivity index (χ4n) is 3.89. The molecule has 3 heterocycles. The van der Waals surface area contributed by atoms with Crippen molar-refractivity contribution in [1.29, 1.82) is 0 Å². The molecule has 0 N–H and O–H groups in total. The molecule has 140 valence electrons. The quantitative estimate of drug-likeness (QED) is 0.537.